The third-order valence-corrected chi connectivity index (χ3v) is 3.91. The summed E-state index contributed by atoms with van der Waals surface area (Å²) in [6.07, 6.45) is 5.34. The molecule has 1 aliphatic rings. The lowest BCUT2D eigenvalue weighted by molar-refractivity contribution is 0.00889. The van der Waals surface area contributed by atoms with Crippen molar-refractivity contribution >= 4 is 21.8 Å². The maximum absolute atomic E-state index is 5.93. The summed E-state index contributed by atoms with van der Waals surface area (Å²) >= 11 is 0. The molecule has 0 radical (unpaired) electrons. The van der Waals surface area contributed by atoms with Crippen molar-refractivity contribution in [3.05, 3.63) is 0 Å². The van der Waals surface area contributed by atoms with Gasteiger partial charge in [0.05, 0.1) is 6.10 Å². The first kappa shape index (κ1) is 15.1. The molecule has 0 aromatic rings. The minimum absolute atomic E-state index is 0.0487. The molecule has 3 heteroatoms. The van der Waals surface area contributed by atoms with Gasteiger partial charge in [-0.2, -0.15) is 0 Å². The van der Waals surface area contributed by atoms with E-state index in [1.165, 1.54) is 25.7 Å². The fraction of sp³-hybridized carbons (Fsp3) is 0.857. The molecule has 1 fully saturated rings. The Morgan fingerprint density at radius 3 is 2.47 bits per heavy atom. The monoisotopic (exact) mass is 258 g/mol. The lowest BCUT2D eigenvalue weighted by Gasteiger charge is -2.34. The van der Waals surface area contributed by atoms with Gasteiger partial charge in [0.25, 0.3) is 0 Å². The zero-order valence-electron chi connectivity index (χ0n) is 11.5. The normalized spacial score (nSPS) is 19.3. The van der Waals surface area contributed by atoms with Crippen molar-refractivity contribution in [3.63, 3.8) is 0 Å². The molecule has 17 heavy (non-hydrogen) atoms. The van der Waals surface area contributed by atoms with Gasteiger partial charge in [-0.25, -0.2) is 11.7 Å². The standard InChI is InChI=1S/C14H28NOS/c1-13(2)6-5-11-16-14-7-9-15(10-8-14)12-17(3)4/h13-14H,3-12H2,1-2H3/q-1. The number of nitrogens with zero attached hydrogens (tertiary/aromatic N) is 1. The molecule has 0 aliphatic carbocycles. The second kappa shape index (κ2) is 8.17. The van der Waals surface area contributed by atoms with E-state index in [0.29, 0.717) is 6.10 Å². The molecule has 2 nitrogen and oxygen atoms in total. The molecule has 102 valence electrons. The Balaban J connectivity index is 2.06. The summed E-state index contributed by atoms with van der Waals surface area (Å²) in [7, 11) is 0.0487. The Morgan fingerprint density at radius 1 is 1.29 bits per heavy atom. The lowest BCUT2D eigenvalue weighted by Crippen LogP contribution is -2.38. The number of hydrogen-bond acceptors (Lipinski definition) is 3. The highest BCUT2D eigenvalue weighted by Gasteiger charge is 2.17. The van der Waals surface area contributed by atoms with Crippen molar-refractivity contribution in [3.8, 4) is 0 Å². The molecule has 0 unspecified atom stereocenters. The van der Waals surface area contributed by atoms with Gasteiger partial charge in [0.1, 0.15) is 0 Å². The van der Waals surface area contributed by atoms with E-state index in [2.05, 4.69) is 30.5 Å². The average Bonchev–Trinajstić information content (AvgIpc) is 2.25. The molecule has 1 saturated heterocycles. The van der Waals surface area contributed by atoms with Crippen molar-refractivity contribution < 1.29 is 4.74 Å². The smallest absolute Gasteiger partial charge is 0.0599 e. The molecule has 0 aromatic carbocycles. The van der Waals surface area contributed by atoms with Crippen LogP contribution in [0.15, 0.2) is 0 Å². The van der Waals surface area contributed by atoms with Crippen molar-refractivity contribution in [2.45, 2.75) is 45.6 Å². The largest absolute Gasteiger partial charge is 0.472 e. The second-order valence-electron chi connectivity index (χ2n) is 5.47. The topological polar surface area (TPSA) is 12.5 Å². The third-order valence-electron chi connectivity index (χ3n) is 3.18. The highest BCUT2D eigenvalue weighted by atomic mass is 32.2. The Kier molecular flexibility index (Phi) is 7.24. The number of likely N-dealkylation sites (tertiary alicyclic amines) is 1. The van der Waals surface area contributed by atoms with Gasteiger partial charge in [-0.15, -0.1) is 0 Å². The Labute approximate surface area is 109 Å². The minimum atomic E-state index is 0.0487. The maximum Gasteiger partial charge on any atom is 0.0599 e. The minimum Gasteiger partial charge on any atom is -0.472 e. The maximum atomic E-state index is 5.93. The van der Waals surface area contributed by atoms with E-state index in [9.17, 15) is 0 Å². The van der Waals surface area contributed by atoms with Crippen molar-refractivity contribution in [1.29, 1.82) is 0 Å². The van der Waals surface area contributed by atoms with Gasteiger partial charge in [0.2, 0.25) is 0 Å². The predicted octanol–water partition coefficient (Wildman–Crippen LogP) is 2.34. The summed E-state index contributed by atoms with van der Waals surface area (Å²) in [5.41, 5.74) is 0. The van der Waals surface area contributed by atoms with E-state index in [1.807, 2.05) is 0 Å². The van der Waals surface area contributed by atoms with Gasteiger partial charge >= 0.3 is 0 Å². The Bertz CT molecular complexity index is 257. The van der Waals surface area contributed by atoms with Crippen LogP contribution in [-0.2, 0) is 14.8 Å². The summed E-state index contributed by atoms with van der Waals surface area (Å²) in [5.74, 6) is 9.80. The van der Waals surface area contributed by atoms with Crippen molar-refractivity contribution in [2.75, 3.05) is 25.6 Å². The molecule has 0 spiro atoms. The second-order valence-corrected chi connectivity index (χ2v) is 6.95. The molecule has 1 heterocycles. The predicted molar refractivity (Wildman–Crippen MR) is 81.1 cm³/mol. The van der Waals surface area contributed by atoms with Crippen LogP contribution in [0, 0.1) is 5.92 Å². The van der Waals surface area contributed by atoms with Crippen LogP contribution in [0.3, 0.4) is 0 Å². The van der Waals surface area contributed by atoms with E-state index in [1.54, 1.807) is 0 Å². The van der Waals surface area contributed by atoms with Crippen LogP contribution < -0.4 is 0 Å². The third kappa shape index (κ3) is 7.12. The Hall–Kier alpha value is 0.01000. The van der Waals surface area contributed by atoms with E-state index in [0.717, 1.165) is 31.5 Å². The highest BCUT2D eigenvalue weighted by Crippen LogP contribution is 2.14. The molecule has 0 bridgehead atoms. The number of ether oxygens (including phenoxy) is 1. The van der Waals surface area contributed by atoms with Crippen LogP contribution in [0.25, 0.3) is 0 Å². The molecule has 0 N–H and O–H groups in total. The van der Waals surface area contributed by atoms with Crippen molar-refractivity contribution in [1.82, 2.24) is 4.90 Å². The molecule has 1 aliphatic heterocycles. The number of piperidine rings is 1. The zero-order chi connectivity index (χ0) is 12.7. The molecular formula is C14H28NOS-. The summed E-state index contributed by atoms with van der Waals surface area (Å²) in [5, 5.41) is 0. The summed E-state index contributed by atoms with van der Waals surface area (Å²) in [6.45, 7) is 7.80. The van der Waals surface area contributed by atoms with Gasteiger partial charge in [-0.3, -0.25) is 0 Å². The van der Waals surface area contributed by atoms with Gasteiger partial charge in [0, 0.05) is 6.61 Å². The lowest BCUT2D eigenvalue weighted by atomic mass is 10.1. The van der Waals surface area contributed by atoms with E-state index < -0.39 is 0 Å². The van der Waals surface area contributed by atoms with Crippen LogP contribution in [-0.4, -0.2) is 48.3 Å². The molecule has 0 amide bonds. The fourth-order valence-electron chi connectivity index (χ4n) is 2.20. The van der Waals surface area contributed by atoms with Crippen LogP contribution in [0.2, 0.25) is 0 Å². The first-order valence-electron chi connectivity index (χ1n) is 6.72. The summed E-state index contributed by atoms with van der Waals surface area (Å²) in [6, 6.07) is 0. The number of rotatable bonds is 7. The summed E-state index contributed by atoms with van der Waals surface area (Å²) in [4.78, 5) is 2.47. The average molecular weight is 258 g/mol. The summed E-state index contributed by atoms with van der Waals surface area (Å²) < 4.78 is 5.93. The molecule has 0 saturated carbocycles. The van der Waals surface area contributed by atoms with Crippen LogP contribution in [0.4, 0.5) is 0 Å². The van der Waals surface area contributed by atoms with E-state index in [4.69, 9.17) is 4.74 Å². The quantitative estimate of drug-likeness (QED) is 0.395. The van der Waals surface area contributed by atoms with Gasteiger partial charge in [-0.1, -0.05) is 19.7 Å². The first-order valence-corrected chi connectivity index (χ1v) is 8.45. The molecule has 0 aromatic heterocycles. The van der Waals surface area contributed by atoms with E-state index in [-0.39, 0.29) is 10.1 Å². The van der Waals surface area contributed by atoms with Crippen molar-refractivity contribution in [2.24, 2.45) is 5.92 Å². The van der Waals surface area contributed by atoms with Gasteiger partial charge < -0.3 is 19.7 Å². The Morgan fingerprint density at radius 2 is 1.94 bits per heavy atom. The molecule has 1 rings (SSSR count). The van der Waals surface area contributed by atoms with Crippen LogP contribution in [0.5, 0.6) is 0 Å². The van der Waals surface area contributed by atoms with Crippen LogP contribution >= 0.6 is 0 Å². The molecular weight excluding hydrogens is 230 g/mol. The van der Waals surface area contributed by atoms with Gasteiger partial charge in [0.15, 0.2) is 0 Å². The molecule has 0 atom stereocenters. The number of hydrogen-bond donors (Lipinski definition) is 0. The zero-order valence-corrected chi connectivity index (χ0v) is 12.3. The SMILES string of the molecule is C=[S-](=C)CN1CCC(OCCCC(C)C)CC1. The first-order chi connectivity index (χ1) is 8.08. The highest BCUT2D eigenvalue weighted by molar-refractivity contribution is 7.91. The van der Waals surface area contributed by atoms with E-state index >= 15 is 0 Å². The van der Waals surface area contributed by atoms with Crippen LogP contribution in [0.1, 0.15) is 39.5 Å². The van der Waals surface area contributed by atoms with Gasteiger partial charge in [-0.05, 0) is 44.7 Å². The fourth-order valence-corrected chi connectivity index (χ4v) is 2.98.